The normalized spacial score (nSPS) is 9.29. The Morgan fingerprint density at radius 1 is 1.07 bits per heavy atom. The second-order valence-corrected chi connectivity index (χ2v) is 3.08. The number of para-hydroxylation sites is 1. The van der Waals surface area contributed by atoms with Gasteiger partial charge in [-0.3, -0.25) is 0 Å². The van der Waals surface area contributed by atoms with E-state index >= 15 is 0 Å². The van der Waals surface area contributed by atoms with E-state index in [4.69, 9.17) is 0 Å². The molecule has 0 saturated heterocycles. The van der Waals surface area contributed by atoms with E-state index in [0.29, 0.717) is 0 Å². The Balaban J connectivity index is 0.000000213. The van der Waals surface area contributed by atoms with E-state index in [2.05, 4.69) is 23.8 Å². The molecule has 0 saturated carbocycles. The van der Waals surface area contributed by atoms with Crippen LogP contribution in [0, 0.1) is 0 Å². The minimum atomic E-state index is 0.998. The van der Waals surface area contributed by atoms with Crippen LogP contribution >= 0.6 is 0 Å². The number of hydrogen-bond acceptors (Lipinski definition) is 2. The van der Waals surface area contributed by atoms with Crippen LogP contribution < -0.4 is 0 Å². The van der Waals surface area contributed by atoms with Crippen LogP contribution in [0.25, 0.3) is 10.9 Å². The zero-order valence-corrected chi connectivity index (χ0v) is 8.77. The van der Waals surface area contributed by atoms with Crippen LogP contribution in [0.5, 0.6) is 0 Å². The number of hydrogen-bond donors (Lipinski definition) is 0. The third-order valence-corrected chi connectivity index (χ3v) is 1.91. The lowest BCUT2D eigenvalue weighted by molar-refractivity contribution is 0.886. The smallest absolute Gasteiger partial charge is 0.116 e. The van der Waals surface area contributed by atoms with Crippen molar-refractivity contribution in [1.82, 2.24) is 9.97 Å². The van der Waals surface area contributed by atoms with Gasteiger partial charge in [-0.05, 0) is 6.07 Å². The van der Waals surface area contributed by atoms with Gasteiger partial charge in [0.2, 0.25) is 0 Å². The fraction of sp³-hybridized carbons (Fsp3) is 0.333. The summed E-state index contributed by atoms with van der Waals surface area (Å²) in [7, 11) is 0. The Labute approximate surface area is 85.0 Å². The fourth-order valence-electron chi connectivity index (χ4n) is 0.923. The number of benzene rings is 1. The molecular formula is C12H16N2. The van der Waals surface area contributed by atoms with Crippen LogP contribution in [0.4, 0.5) is 0 Å². The van der Waals surface area contributed by atoms with Crippen molar-refractivity contribution in [2.75, 3.05) is 0 Å². The zero-order valence-electron chi connectivity index (χ0n) is 8.77. The van der Waals surface area contributed by atoms with Gasteiger partial charge in [0, 0.05) is 11.6 Å². The minimum absolute atomic E-state index is 0.998. The quantitative estimate of drug-likeness (QED) is 0.685. The molecule has 14 heavy (non-hydrogen) atoms. The summed E-state index contributed by atoms with van der Waals surface area (Å²) in [6, 6.07) is 7.91. The lowest BCUT2D eigenvalue weighted by Gasteiger charge is -1.90. The van der Waals surface area contributed by atoms with E-state index in [1.807, 2.05) is 30.5 Å². The largest absolute Gasteiger partial charge is 0.244 e. The third kappa shape index (κ3) is 3.13. The number of nitrogens with zero attached hydrogens (tertiary/aromatic N) is 2. The molecule has 1 aromatic heterocycles. The summed E-state index contributed by atoms with van der Waals surface area (Å²) in [6.45, 7) is 4.36. The number of fused-ring (bicyclic) bond motifs is 1. The maximum Gasteiger partial charge on any atom is 0.116 e. The molecular weight excluding hydrogens is 172 g/mol. The van der Waals surface area contributed by atoms with Crippen molar-refractivity contribution < 1.29 is 0 Å². The molecule has 0 aliphatic carbocycles. The van der Waals surface area contributed by atoms with E-state index in [0.717, 1.165) is 10.9 Å². The number of rotatable bonds is 1. The molecule has 0 atom stereocenters. The summed E-state index contributed by atoms with van der Waals surface area (Å²) >= 11 is 0. The van der Waals surface area contributed by atoms with E-state index < -0.39 is 0 Å². The third-order valence-electron chi connectivity index (χ3n) is 1.91. The second-order valence-electron chi connectivity index (χ2n) is 3.08. The topological polar surface area (TPSA) is 25.8 Å². The van der Waals surface area contributed by atoms with Gasteiger partial charge in [0.25, 0.3) is 0 Å². The lowest BCUT2D eigenvalue weighted by atomic mass is 10.2. The molecule has 2 rings (SSSR count). The van der Waals surface area contributed by atoms with Crippen molar-refractivity contribution in [2.24, 2.45) is 0 Å². The highest BCUT2D eigenvalue weighted by Crippen LogP contribution is 2.06. The van der Waals surface area contributed by atoms with Crippen LogP contribution in [-0.2, 0) is 0 Å². The standard InChI is InChI=1S/C8H6N2.C4H10/c1-2-4-8-7(3-1)5-9-6-10-8;1-3-4-2/h1-6H;3-4H2,1-2H3. The van der Waals surface area contributed by atoms with Gasteiger partial charge in [0.05, 0.1) is 5.52 Å². The summed E-state index contributed by atoms with van der Waals surface area (Å²) in [5, 5.41) is 1.09. The lowest BCUT2D eigenvalue weighted by Crippen LogP contribution is -1.77. The van der Waals surface area contributed by atoms with Crippen LogP contribution in [0.15, 0.2) is 36.8 Å². The molecule has 0 radical (unpaired) electrons. The maximum atomic E-state index is 4.07. The summed E-state index contributed by atoms with van der Waals surface area (Å²) < 4.78 is 0. The maximum absolute atomic E-state index is 4.07. The van der Waals surface area contributed by atoms with Crippen molar-refractivity contribution >= 4 is 10.9 Å². The average Bonchev–Trinajstić information content (AvgIpc) is 2.30. The molecule has 2 heteroatoms. The number of aromatic nitrogens is 2. The molecule has 0 N–H and O–H groups in total. The summed E-state index contributed by atoms with van der Waals surface area (Å²) in [5.74, 6) is 0. The molecule has 2 nitrogen and oxygen atoms in total. The predicted molar refractivity (Wildman–Crippen MR) is 60.1 cm³/mol. The molecule has 0 bridgehead atoms. The predicted octanol–water partition coefficient (Wildman–Crippen LogP) is 3.44. The van der Waals surface area contributed by atoms with Gasteiger partial charge in [-0.1, -0.05) is 44.9 Å². The zero-order chi connectivity index (χ0) is 10.2. The van der Waals surface area contributed by atoms with Crippen LogP contribution in [-0.4, -0.2) is 9.97 Å². The molecule has 0 unspecified atom stereocenters. The van der Waals surface area contributed by atoms with Gasteiger partial charge in [-0.15, -0.1) is 0 Å². The molecule has 0 aliphatic heterocycles. The van der Waals surface area contributed by atoms with E-state index in [-0.39, 0.29) is 0 Å². The summed E-state index contributed by atoms with van der Waals surface area (Å²) in [4.78, 5) is 7.97. The average molecular weight is 188 g/mol. The first-order valence-electron chi connectivity index (χ1n) is 5.03. The van der Waals surface area contributed by atoms with E-state index in [9.17, 15) is 0 Å². The molecule has 0 amide bonds. The minimum Gasteiger partial charge on any atom is -0.244 e. The second kappa shape index (κ2) is 6.08. The summed E-state index contributed by atoms with van der Waals surface area (Å²) in [5.41, 5.74) is 0.998. The fourth-order valence-corrected chi connectivity index (χ4v) is 0.923. The van der Waals surface area contributed by atoms with Crippen LogP contribution in [0.2, 0.25) is 0 Å². The first-order chi connectivity index (χ1) is 6.88. The first kappa shape index (κ1) is 10.6. The van der Waals surface area contributed by atoms with Gasteiger partial charge in [0.15, 0.2) is 0 Å². The molecule has 1 heterocycles. The van der Waals surface area contributed by atoms with Gasteiger partial charge < -0.3 is 0 Å². The highest BCUT2D eigenvalue weighted by atomic mass is 14.8. The van der Waals surface area contributed by atoms with Crippen molar-refractivity contribution in [3.05, 3.63) is 36.8 Å². The van der Waals surface area contributed by atoms with Crippen LogP contribution in [0.3, 0.4) is 0 Å². The molecule has 0 spiro atoms. The van der Waals surface area contributed by atoms with Crippen molar-refractivity contribution in [2.45, 2.75) is 26.7 Å². The monoisotopic (exact) mass is 188 g/mol. The molecule has 2 aromatic rings. The molecule has 74 valence electrons. The SMILES string of the molecule is CCCC.c1ccc2ncncc2c1. The van der Waals surface area contributed by atoms with Crippen molar-refractivity contribution in [1.29, 1.82) is 0 Å². The Morgan fingerprint density at radius 2 is 1.79 bits per heavy atom. The Kier molecular flexibility index (Phi) is 4.62. The first-order valence-corrected chi connectivity index (χ1v) is 5.03. The Morgan fingerprint density at radius 3 is 2.43 bits per heavy atom. The highest BCUT2D eigenvalue weighted by molar-refractivity contribution is 5.76. The Hall–Kier alpha value is -1.44. The van der Waals surface area contributed by atoms with Gasteiger partial charge in [-0.25, -0.2) is 9.97 Å². The van der Waals surface area contributed by atoms with Gasteiger partial charge in [-0.2, -0.15) is 0 Å². The van der Waals surface area contributed by atoms with Gasteiger partial charge in [0.1, 0.15) is 6.33 Å². The van der Waals surface area contributed by atoms with Crippen molar-refractivity contribution in [3.63, 3.8) is 0 Å². The Bertz CT molecular complexity index is 304. The molecule has 0 aliphatic rings. The number of unbranched alkanes of at least 4 members (excludes halogenated alkanes) is 1. The molecule has 0 fully saturated rings. The van der Waals surface area contributed by atoms with E-state index in [1.54, 1.807) is 6.33 Å². The van der Waals surface area contributed by atoms with Crippen molar-refractivity contribution in [3.8, 4) is 0 Å². The summed E-state index contributed by atoms with van der Waals surface area (Å²) in [6.07, 6.45) is 6.00. The van der Waals surface area contributed by atoms with Crippen LogP contribution in [0.1, 0.15) is 26.7 Å². The van der Waals surface area contributed by atoms with Gasteiger partial charge >= 0.3 is 0 Å². The highest BCUT2D eigenvalue weighted by Gasteiger charge is 1.87. The van der Waals surface area contributed by atoms with E-state index in [1.165, 1.54) is 12.8 Å². The molecule has 1 aromatic carbocycles.